The number of hydrogen-bond donors (Lipinski definition) is 1. The fourth-order valence-corrected chi connectivity index (χ4v) is 4.69. The molecule has 26 heavy (non-hydrogen) atoms. The summed E-state index contributed by atoms with van der Waals surface area (Å²) in [4.78, 5) is 30.2. The molecule has 2 amide bonds. The van der Waals surface area contributed by atoms with Gasteiger partial charge in [-0.15, -0.1) is 11.3 Å². The van der Waals surface area contributed by atoms with Crippen LogP contribution in [0.5, 0.6) is 0 Å². The molecule has 1 aromatic heterocycles. The summed E-state index contributed by atoms with van der Waals surface area (Å²) in [5.74, 6) is -0.253. The molecule has 0 unspecified atom stereocenters. The second kappa shape index (κ2) is 7.11. The van der Waals surface area contributed by atoms with E-state index < -0.39 is 0 Å². The van der Waals surface area contributed by atoms with E-state index in [2.05, 4.69) is 27.7 Å². The first-order chi connectivity index (χ1) is 12.7. The molecule has 1 saturated heterocycles. The van der Waals surface area contributed by atoms with Crippen molar-refractivity contribution in [1.29, 1.82) is 0 Å². The molecule has 2 aliphatic heterocycles. The summed E-state index contributed by atoms with van der Waals surface area (Å²) >= 11 is 1.82. The van der Waals surface area contributed by atoms with Gasteiger partial charge in [0, 0.05) is 37.5 Å². The zero-order valence-corrected chi connectivity index (χ0v) is 15.7. The maximum atomic E-state index is 12.7. The molecule has 0 saturated carbocycles. The van der Waals surface area contributed by atoms with E-state index in [0.29, 0.717) is 19.5 Å². The smallest absolute Gasteiger partial charge is 0.229 e. The lowest BCUT2D eigenvalue weighted by molar-refractivity contribution is -0.128. The number of amides is 2. The standard InChI is InChI=1S/C20H23N3O2S/c1-2-22-13-15(11-19(22)24)20(25)21-16-5-3-4-6-17(16)23-9-7-18-14(12-23)8-10-26-18/h3-6,8,10,15H,2,7,9,11-13H2,1H3,(H,21,25)/t15-/m0/s1. The number of nitrogens with zero attached hydrogens (tertiary/aromatic N) is 2. The van der Waals surface area contributed by atoms with E-state index in [1.165, 1.54) is 10.4 Å². The molecule has 1 atom stereocenters. The summed E-state index contributed by atoms with van der Waals surface area (Å²) in [7, 11) is 0. The molecule has 2 aliphatic rings. The van der Waals surface area contributed by atoms with Gasteiger partial charge in [0.05, 0.1) is 17.3 Å². The van der Waals surface area contributed by atoms with Gasteiger partial charge in [-0.3, -0.25) is 9.59 Å². The van der Waals surface area contributed by atoms with Crippen molar-refractivity contribution in [2.75, 3.05) is 29.9 Å². The molecule has 0 spiro atoms. The van der Waals surface area contributed by atoms with Crippen molar-refractivity contribution in [3.8, 4) is 0 Å². The van der Waals surface area contributed by atoms with Crippen molar-refractivity contribution in [3.05, 3.63) is 46.2 Å². The van der Waals surface area contributed by atoms with E-state index in [4.69, 9.17) is 0 Å². The van der Waals surface area contributed by atoms with Gasteiger partial charge >= 0.3 is 0 Å². The molecule has 2 aromatic rings. The number of nitrogens with one attached hydrogen (secondary N) is 1. The summed E-state index contributed by atoms with van der Waals surface area (Å²) < 4.78 is 0. The molecule has 0 aliphatic carbocycles. The maximum Gasteiger partial charge on any atom is 0.229 e. The minimum atomic E-state index is -0.264. The van der Waals surface area contributed by atoms with Gasteiger partial charge in [-0.1, -0.05) is 12.1 Å². The summed E-state index contributed by atoms with van der Waals surface area (Å²) in [6.07, 6.45) is 1.35. The normalized spacial score (nSPS) is 19.6. The fraction of sp³-hybridized carbons (Fsp3) is 0.400. The zero-order chi connectivity index (χ0) is 18.1. The molecule has 1 fully saturated rings. The highest BCUT2D eigenvalue weighted by Crippen LogP contribution is 2.33. The molecule has 1 N–H and O–H groups in total. The van der Waals surface area contributed by atoms with Crippen molar-refractivity contribution < 1.29 is 9.59 Å². The SMILES string of the molecule is CCN1C[C@@H](C(=O)Nc2ccccc2N2CCc3sccc3C2)CC1=O. The van der Waals surface area contributed by atoms with Crippen LogP contribution in [0, 0.1) is 5.92 Å². The molecule has 1 aromatic carbocycles. The van der Waals surface area contributed by atoms with Crippen LogP contribution < -0.4 is 10.2 Å². The van der Waals surface area contributed by atoms with Crippen LogP contribution in [0.3, 0.4) is 0 Å². The second-order valence-electron chi connectivity index (χ2n) is 6.88. The Kier molecular flexibility index (Phi) is 4.68. The predicted octanol–water partition coefficient (Wildman–Crippen LogP) is 3.12. The van der Waals surface area contributed by atoms with E-state index in [1.54, 1.807) is 4.90 Å². The highest BCUT2D eigenvalue weighted by molar-refractivity contribution is 7.10. The number of carbonyl (C=O) groups excluding carboxylic acids is 2. The van der Waals surface area contributed by atoms with Crippen molar-refractivity contribution in [2.45, 2.75) is 26.3 Å². The summed E-state index contributed by atoms with van der Waals surface area (Å²) in [6.45, 7) is 4.95. The van der Waals surface area contributed by atoms with Gasteiger partial charge < -0.3 is 15.1 Å². The minimum Gasteiger partial charge on any atom is -0.365 e. The van der Waals surface area contributed by atoms with Crippen molar-refractivity contribution in [2.24, 2.45) is 5.92 Å². The first kappa shape index (κ1) is 17.1. The lowest BCUT2D eigenvalue weighted by Gasteiger charge is -2.31. The number of benzene rings is 1. The molecule has 136 valence electrons. The van der Waals surface area contributed by atoms with E-state index in [0.717, 1.165) is 30.9 Å². The Balaban J connectivity index is 1.50. The average molecular weight is 369 g/mol. The first-order valence-corrected chi connectivity index (χ1v) is 10.0. The Morgan fingerprint density at radius 2 is 2.15 bits per heavy atom. The van der Waals surface area contributed by atoms with Crippen LogP contribution >= 0.6 is 11.3 Å². The Labute approximate surface area is 157 Å². The first-order valence-electron chi connectivity index (χ1n) is 9.13. The predicted molar refractivity (Wildman–Crippen MR) is 105 cm³/mol. The van der Waals surface area contributed by atoms with Crippen molar-refractivity contribution in [1.82, 2.24) is 4.90 Å². The van der Waals surface area contributed by atoms with Gasteiger partial charge in [0.1, 0.15) is 0 Å². The molecule has 4 rings (SSSR count). The number of para-hydroxylation sites is 2. The van der Waals surface area contributed by atoms with Crippen LogP contribution in [-0.2, 0) is 22.6 Å². The van der Waals surface area contributed by atoms with Crippen molar-refractivity contribution in [3.63, 3.8) is 0 Å². The molecular weight excluding hydrogens is 346 g/mol. The summed E-state index contributed by atoms with van der Waals surface area (Å²) in [6, 6.07) is 10.1. The van der Waals surface area contributed by atoms with Gasteiger partial charge in [0.25, 0.3) is 0 Å². The van der Waals surface area contributed by atoms with Crippen molar-refractivity contribution >= 4 is 34.5 Å². The Morgan fingerprint density at radius 1 is 1.31 bits per heavy atom. The molecule has 0 radical (unpaired) electrons. The quantitative estimate of drug-likeness (QED) is 0.901. The second-order valence-corrected chi connectivity index (χ2v) is 7.88. The van der Waals surface area contributed by atoms with E-state index in [-0.39, 0.29) is 17.7 Å². The van der Waals surface area contributed by atoms with Gasteiger partial charge in [-0.25, -0.2) is 0 Å². The van der Waals surface area contributed by atoms with Crippen LogP contribution in [0.1, 0.15) is 23.8 Å². The summed E-state index contributed by atoms with van der Waals surface area (Å²) in [5.41, 5.74) is 3.26. The van der Waals surface area contributed by atoms with E-state index in [1.807, 2.05) is 36.5 Å². The number of thiophene rings is 1. The van der Waals surface area contributed by atoms with Crippen LogP contribution in [0.25, 0.3) is 0 Å². The molecule has 3 heterocycles. The third-order valence-electron chi connectivity index (χ3n) is 5.28. The van der Waals surface area contributed by atoms with Crippen LogP contribution in [0.4, 0.5) is 11.4 Å². The van der Waals surface area contributed by atoms with E-state index >= 15 is 0 Å². The maximum absolute atomic E-state index is 12.7. The number of likely N-dealkylation sites (tertiary alicyclic amines) is 1. The van der Waals surface area contributed by atoms with Gasteiger partial charge in [-0.05, 0) is 42.5 Å². The summed E-state index contributed by atoms with van der Waals surface area (Å²) in [5, 5.41) is 5.23. The highest BCUT2D eigenvalue weighted by Gasteiger charge is 2.33. The lowest BCUT2D eigenvalue weighted by atomic mass is 10.1. The highest BCUT2D eigenvalue weighted by atomic mass is 32.1. The minimum absolute atomic E-state index is 0.0602. The van der Waals surface area contributed by atoms with Crippen LogP contribution in [-0.4, -0.2) is 36.3 Å². The Morgan fingerprint density at radius 3 is 2.96 bits per heavy atom. The number of hydrogen-bond acceptors (Lipinski definition) is 4. The van der Waals surface area contributed by atoms with E-state index in [9.17, 15) is 9.59 Å². The lowest BCUT2D eigenvalue weighted by Crippen LogP contribution is -2.31. The topological polar surface area (TPSA) is 52.7 Å². The number of carbonyl (C=O) groups is 2. The number of rotatable bonds is 4. The monoisotopic (exact) mass is 369 g/mol. The van der Waals surface area contributed by atoms with Crippen LogP contribution in [0.2, 0.25) is 0 Å². The fourth-order valence-electron chi connectivity index (χ4n) is 3.80. The largest absolute Gasteiger partial charge is 0.365 e. The molecular formula is C20H23N3O2S. The third-order valence-corrected chi connectivity index (χ3v) is 6.30. The molecule has 5 nitrogen and oxygen atoms in total. The average Bonchev–Trinajstić information content (AvgIpc) is 3.27. The number of anilines is 2. The van der Waals surface area contributed by atoms with Gasteiger partial charge in [-0.2, -0.15) is 0 Å². The number of fused-ring (bicyclic) bond motifs is 1. The third kappa shape index (κ3) is 3.21. The molecule has 6 heteroatoms. The zero-order valence-electron chi connectivity index (χ0n) is 14.9. The van der Waals surface area contributed by atoms with Crippen LogP contribution in [0.15, 0.2) is 35.7 Å². The Bertz CT molecular complexity index is 832. The van der Waals surface area contributed by atoms with Gasteiger partial charge in [0.15, 0.2) is 0 Å². The Hall–Kier alpha value is -2.34. The molecule has 0 bridgehead atoms. The van der Waals surface area contributed by atoms with Gasteiger partial charge in [0.2, 0.25) is 11.8 Å².